The van der Waals surface area contributed by atoms with Crippen LogP contribution in [0.15, 0.2) is 22.2 Å². The molecule has 3 amide bonds. The van der Waals surface area contributed by atoms with Crippen molar-refractivity contribution in [2.45, 2.75) is 74.7 Å². The van der Waals surface area contributed by atoms with Crippen molar-refractivity contribution in [3.8, 4) is 0 Å². The minimum Gasteiger partial charge on any atom is -0.386 e. The molecular formula is C38H52N12O23P2. The SMILES string of the molecule is Nc1nc2c(ncn2[C@@H]2O[C@@H]3COP(=O)(O)OC4[C@@H](COP(=O)(O)OC3[C@@H]2O)O[C@@H](n2cnc3c(=O)[nH]c(N)nc32)[C@H]4NC(=O)CCOCCOCCOCCOCCOCCC(=O)ON2C(=O)CCC2=O)c(=O)[nH]1. The average molecular weight is 1110 g/mol. The fraction of sp³-hybridized carbons (Fsp3) is 0.632. The zero-order valence-corrected chi connectivity index (χ0v) is 41.1. The average Bonchev–Trinajstić information content (AvgIpc) is 4.19. The zero-order chi connectivity index (χ0) is 53.4. The molecule has 0 bridgehead atoms. The lowest BCUT2D eigenvalue weighted by Gasteiger charge is -2.29. The van der Waals surface area contributed by atoms with E-state index in [4.69, 9.17) is 67.6 Å². The number of hydrogen-bond donors (Lipinski definition) is 8. The number of nitrogens with zero attached hydrogens (tertiary/aromatic N) is 7. The molecule has 8 heterocycles. The molecule has 412 valence electrons. The van der Waals surface area contributed by atoms with Crippen LogP contribution in [0.25, 0.3) is 22.3 Å². The summed E-state index contributed by atoms with van der Waals surface area (Å²) in [6.07, 6.45) is -9.91. The van der Waals surface area contributed by atoms with Crippen LogP contribution >= 0.6 is 15.6 Å². The number of H-pyrrole nitrogens is 2. The third-order valence-electron chi connectivity index (χ3n) is 11.4. The molecule has 4 saturated heterocycles. The molecule has 4 aromatic rings. The highest BCUT2D eigenvalue weighted by atomic mass is 31.2. The quantitative estimate of drug-likeness (QED) is 0.0215. The Morgan fingerprint density at radius 3 is 1.64 bits per heavy atom. The molecule has 10 N–H and O–H groups in total. The van der Waals surface area contributed by atoms with Crippen molar-refractivity contribution in [3.63, 3.8) is 0 Å². The summed E-state index contributed by atoms with van der Waals surface area (Å²) in [5.41, 5.74) is 9.33. The minimum atomic E-state index is -5.28. The van der Waals surface area contributed by atoms with E-state index in [1.54, 1.807) is 0 Å². The Labute approximate surface area is 420 Å². The van der Waals surface area contributed by atoms with Crippen LogP contribution in [0.4, 0.5) is 11.9 Å². The van der Waals surface area contributed by atoms with Crippen molar-refractivity contribution < 1.29 is 99.3 Å². The van der Waals surface area contributed by atoms with Gasteiger partial charge in [-0.1, -0.05) is 0 Å². The van der Waals surface area contributed by atoms with Gasteiger partial charge in [0.05, 0.1) is 98.4 Å². The highest BCUT2D eigenvalue weighted by molar-refractivity contribution is 7.47. The monoisotopic (exact) mass is 1110 g/mol. The van der Waals surface area contributed by atoms with E-state index < -0.39 is 113 Å². The van der Waals surface area contributed by atoms with Crippen LogP contribution in [0, 0.1) is 0 Å². The van der Waals surface area contributed by atoms with Crippen molar-refractivity contribution in [1.82, 2.24) is 49.4 Å². The summed E-state index contributed by atoms with van der Waals surface area (Å²) in [5.74, 6) is -3.25. The van der Waals surface area contributed by atoms with E-state index in [1.165, 1.54) is 4.57 Å². The molecule has 35 nitrogen and oxygen atoms in total. The summed E-state index contributed by atoms with van der Waals surface area (Å²) >= 11 is 0. The molecule has 4 aliphatic rings. The summed E-state index contributed by atoms with van der Waals surface area (Å²) in [6, 6.07) is -1.50. The van der Waals surface area contributed by atoms with E-state index in [2.05, 4.69) is 35.2 Å². The third kappa shape index (κ3) is 13.8. The van der Waals surface area contributed by atoms with Gasteiger partial charge >= 0.3 is 21.6 Å². The molecule has 4 aromatic heterocycles. The van der Waals surface area contributed by atoms with Crippen LogP contribution in [0.3, 0.4) is 0 Å². The molecule has 0 aliphatic carbocycles. The Morgan fingerprint density at radius 1 is 0.680 bits per heavy atom. The Hall–Kier alpha value is -5.72. The second-order valence-corrected chi connectivity index (χ2v) is 19.4. The molecule has 0 saturated carbocycles. The molecule has 0 aromatic carbocycles. The minimum absolute atomic E-state index is 0.00134. The molecule has 4 fully saturated rings. The summed E-state index contributed by atoms with van der Waals surface area (Å²) in [5, 5.41) is 14.5. The number of fused-ring (bicyclic) bond motifs is 4. The maximum atomic E-state index is 13.8. The first-order valence-electron chi connectivity index (χ1n) is 22.9. The second kappa shape index (κ2) is 24.5. The smallest absolute Gasteiger partial charge is 0.386 e. The van der Waals surface area contributed by atoms with Gasteiger partial charge in [-0.3, -0.25) is 61.2 Å². The van der Waals surface area contributed by atoms with E-state index in [-0.39, 0.29) is 126 Å². The number of carbonyl (C=O) groups excluding carboxylic acids is 4. The Bertz CT molecular complexity index is 2900. The number of nitrogens with two attached hydrogens (primary N) is 2. The van der Waals surface area contributed by atoms with Gasteiger partial charge in [-0.05, 0) is 0 Å². The van der Waals surface area contributed by atoms with Crippen molar-refractivity contribution in [3.05, 3.63) is 33.4 Å². The number of aliphatic hydroxyl groups excluding tert-OH is 1. The highest BCUT2D eigenvalue weighted by Gasteiger charge is 2.55. The van der Waals surface area contributed by atoms with Gasteiger partial charge in [-0.15, -0.1) is 5.06 Å². The van der Waals surface area contributed by atoms with Crippen LogP contribution in [0.5, 0.6) is 0 Å². The summed E-state index contributed by atoms with van der Waals surface area (Å²) in [6.45, 7) is -0.501. The largest absolute Gasteiger partial charge is 0.472 e. The number of ether oxygens (including phenoxy) is 7. The van der Waals surface area contributed by atoms with Gasteiger partial charge in [0.1, 0.15) is 36.6 Å². The molecule has 0 radical (unpaired) electrons. The first-order chi connectivity index (χ1) is 35.9. The molecule has 0 spiro atoms. The highest BCUT2D eigenvalue weighted by Crippen LogP contribution is 2.53. The van der Waals surface area contributed by atoms with Crippen LogP contribution in [0.1, 0.15) is 38.1 Å². The van der Waals surface area contributed by atoms with Gasteiger partial charge in [-0.25, -0.2) is 23.9 Å². The van der Waals surface area contributed by atoms with E-state index in [1.807, 2.05) is 0 Å². The van der Waals surface area contributed by atoms with E-state index >= 15 is 0 Å². The topological polar surface area (TPSA) is 468 Å². The maximum Gasteiger partial charge on any atom is 0.472 e. The van der Waals surface area contributed by atoms with Gasteiger partial charge in [0.2, 0.25) is 17.8 Å². The third-order valence-corrected chi connectivity index (χ3v) is 13.3. The summed E-state index contributed by atoms with van der Waals surface area (Å²) < 4.78 is 90.5. The zero-order valence-electron chi connectivity index (χ0n) is 39.3. The first kappa shape index (κ1) is 55.5. The van der Waals surface area contributed by atoms with Gasteiger partial charge in [-0.2, -0.15) is 9.97 Å². The number of phosphoric ester groups is 2. The lowest BCUT2D eigenvalue weighted by atomic mass is 10.1. The number of hydrogen-bond acceptors (Lipinski definition) is 27. The molecule has 75 heavy (non-hydrogen) atoms. The summed E-state index contributed by atoms with van der Waals surface area (Å²) in [4.78, 5) is 121. The van der Waals surface area contributed by atoms with E-state index in [0.717, 1.165) is 17.2 Å². The number of aromatic nitrogens is 8. The first-order valence-corrected chi connectivity index (χ1v) is 25.9. The lowest BCUT2D eigenvalue weighted by molar-refractivity contribution is -0.198. The van der Waals surface area contributed by atoms with Crippen LogP contribution < -0.4 is 27.9 Å². The number of aromatic amines is 2. The van der Waals surface area contributed by atoms with E-state index in [9.17, 15) is 52.8 Å². The van der Waals surface area contributed by atoms with E-state index in [0.29, 0.717) is 5.06 Å². The molecule has 37 heteroatoms. The fourth-order valence-corrected chi connectivity index (χ4v) is 9.87. The number of hydroxylamine groups is 2. The number of phosphoric acid groups is 2. The number of aliphatic hydroxyl groups is 1. The molecular weight excluding hydrogens is 1050 g/mol. The van der Waals surface area contributed by atoms with Gasteiger partial charge in [0, 0.05) is 19.3 Å². The Morgan fingerprint density at radius 2 is 1.12 bits per heavy atom. The van der Waals surface area contributed by atoms with Crippen LogP contribution in [0.2, 0.25) is 0 Å². The van der Waals surface area contributed by atoms with Crippen molar-refractivity contribution in [1.29, 1.82) is 0 Å². The molecule has 4 aliphatic heterocycles. The van der Waals surface area contributed by atoms with Gasteiger partial charge < -0.3 is 69.7 Å². The number of carbonyl (C=O) groups is 4. The molecule has 4 unspecified atom stereocenters. The molecule has 10 atom stereocenters. The number of imidazole rings is 2. The number of nitrogens with one attached hydrogen (secondary N) is 3. The standard InChI is InChI=1S/C38H52N12O23P2/c39-37-44-31-26(33(56)46-37)41-17-48(31)35-25(43-21(51)3-5-62-7-9-64-11-13-66-14-12-65-10-8-63-6-4-24(54)71-50-22(52)1-2-23(50)53)29-19(69-35)15-67-75(60,61)73-30-20(16-68-74(58,59)72-29)70-36(28(30)55)49-18-42-27-32(49)45-38(40)47-34(27)57/h17-20,25,28-30,35-36,55H,1-16H2,(H,43,51)(H,58,59)(H,60,61)(H3,39,44,46,56)(H3,40,45,47,57)/t19-,20-,25+,28+,29?,30?,35-,36-/m1/s1. The Kier molecular flexibility index (Phi) is 18.1. The van der Waals surface area contributed by atoms with Crippen LogP contribution in [-0.2, 0) is 84.4 Å². The normalized spacial score (nSPS) is 28.3. The number of nitrogen functional groups attached to an aromatic ring is 2. The lowest BCUT2D eigenvalue weighted by Crippen LogP contribution is -2.48. The van der Waals surface area contributed by atoms with Gasteiger partial charge in [0.25, 0.3) is 22.9 Å². The predicted molar refractivity (Wildman–Crippen MR) is 243 cm³/mol. The maximum absolute atomic E-state index is 13.8. The second-order valence-electron chi connectivity index (χ2n) is 16.5. The number of anilines is 2. The number of rotatable bonds is 22. The molecule has 8 rings (SSSR count). The number of amides is 3. The summed E-state index contributed by atoms with van der Waals surface area (Å²) in [7, 11) is -10.5. The Balaban J connectivity index is 0.812. The van der Waals surface area contributed by atoms with Crippen molar-refractivity contribution >= 4 is 73.6 Å². The predicted octanol–water partition coefficient (Wildman–Crippen LogP) is -3.45. The van der Waals surface area contributed by atoms with Crippen molar-refractivity contribution in [2.75, 3.05) is 90.7 Å². The fourth-order valence-electron chi connectivity index (χ4n) is 7.94. The van der Waals surface area contributed by atoms with Crippen LogP contribution in [-0.4, -0.2) is 199 Å². The number of imide groups is 1. The van der Waals surface area contributed by atoms with Crippen molar-refractivity contribution in [2.24, 2.45) is 0 Å². The van der Waals surface area contributed by atoms with Gasteiger partial charge in [0.15, 0.2) is 34.8 Å².